The maximum absolute atomic E-state index is 11.9. The first-order valence-electron chi connectivity index (χ1n) is 7.56. The lowest BCUT2D eigenvalue weighted by atomic mass is 9.83. The van der Waals surface area contributed by atoms with Crippen LogP contribution in [-0.2, 0) is 16.4 Å². The molecule has 1 aliphatic rings. The maximum Gasteiger partial charge on any atom is 0.175 e. The summed E-state index contributed by atoms with van der Waals surface area (Å²) in [5.74, 6) is 0. The van der Waals surface area contributed by atoms with Crippen LogP contribution in [0.2, 0.25) is 5.02 Å². The zero-order chi connectivity index (χ0) is 15.5. The molecule has 3 nitrogen and oxygen atoms in total. The fourth-order valence-corrected chi connectivity index (χ4v) is 4.54. The van der Waals surface area contributed by atoms with Crippen molar-refractivity contribution in [3.8, 4) is 0 Å². The van der Waals surface area contributed by atoms with Gasteiger partial charge >= 0.3 is 0 Å². The van der Waals surface area contributed by atoms with Crippen molar-refractivity contribution in [3.05, 3.63) is 28.8 Å². The smallest absolute Gasteiger partial charge is 0.175 e. The predicted molar refractivity (Wildman–Crippen MR) is 87.5 cm³/mol. The number of benzene rings is 1. The number of sulfone groups is 1. The Morgan fingerprint density at radius 1 is 1.29 bits per heavy atom. The van der Waals surface area contributed by atoms with Crippen LogP contribution in [0.25, 0.3) is 0 Å². The lowest BCUT2D eigenvalue weighted by Crippen LogP contribution is -2.31. The van der Waals surface area contributed by atoms with Gasteiger partial charge in [0.1, 0.15) is 0 Å². The molecule has 2 rings (SSSR count). The summed E-state index contributed by atoms with van der Waals surface area (Å²) in [5, 5.41) is 3.96. The molecule has 0 bridgehead atoms. The number of rotatable bonds is 6. The summed E-state index contributed by atoms with van der Waals surface area (Å²) in [5.41, 5.74) is 1.07. The molecule has 0 aromatic heterocycles. The molecule has 1 fully saturated rings. The molecule has 0 radical (unpaired) electrons. The molecule has 1 saturated carbocycles. The molecule has 0 heterocycles. The highest BCUT2D eigenvalue weighted by atomic mass is 35.5. The zero-order valence-electron chi connectivity index (χ0n) is 12.8. The van der Waals surface area contributed by atoms with Crippen molar-refractivity contribution >= 4 is 21.4 Å². The number of hydrogen-bond donors (Lipinski definition) is 1. The van der Waals surface area contributed by atoms with E-state index >= 15 is 0 Å². The van der Waals surface area contributed by atoms with Crippen molar-refractivity contribution in [2.45, 2.75) is 50.5 Å². The van der Waals surface area contributed by atoms with Gasteiger partial charge in [0, 0.05) is 29.9 Å². The molecule has 1 aromatic rings. The lowest BCUT2D eigenvalue weighted by Gasteiger charge is -2.28. The normalized spacial score (nSPS) is 18.0. The molecule has 1 N–H and O–H groups in total. The molecule has 118 valence electrons. The second kappa shape index (κ2) is 6.67. The molecule has 0 amide bonds. The molecule has 0 atom stereocenters. The molecule has 5 heteroatoms. The molecule has 1 aliphatic carbocycles. The van der Waals surface area contributed by atoms with Crippen LogP contribution in [-0.4, -0.2) is 21.2 Å². The Hall–Kier alpha value is -0.580. The van der Waals surface area contributed by atoms with Gasteiger partial charge in [0.05, 0.1) is 4.90 Å². The molecular formula is C16H24ClNO2S. The molecular weight excluding hydrogens is 306 g/mol. The Kier molecular flexibility index (Phi) is 5.33. The number of halogens is 1. The van der Waals surface area contributed by atoms with Crippen LogP contribution in [0.15, 0.2) is 23.1 Å². The third kappa shape index (κ3) is 3.99. The third-order valence-corrected chi connectivity index (χ3v) is 6.23. The van der Waals surface area contributed by atoms with Crippen molar-refractivity contribution in [1.29, 1.82) is 0 Å². The molecule has 0 spiro atoms. The van der Waals surface area contributed by atoms with Crippen molar-refractivity contribution in [2.75, 3.05) is 12.8 Å². The van der Waals surface area contributed by atoms with Crippen LogP contribution in [0.3, 0.4) is 0 Å². The summed E-state index contributed by atoms with van der Waals surface area (Å²) in [4.78, 5) is 0.333. The van der Waals surface area contributed by atoms with Crippen LogP contribution in [0.5, 0.6) is 0 Å². The monoisotopic (exact) mass is 329 g/mol. The SMILES string of the molecule is CCC1(CNCc2c(Cl)cccc2S(C)(=O)=O)CCCC1. The van der Waals surface area contributed by atoms with Gasteiger partial charge < -0.3 is 5.32 Å². The van der Waals surface area contributed by atoms with Gasteiger partial charge in [-0.3, -0.25) is 0 Å². The first kappa shape index (κ1) is 16.8. The highest BCUT2D eigenvalue weighted by Gasteiger charge is 2.31. The van der Waals surface area contributed by atoms with Gasteiger partial charge in [0.2, 0.25) is 0 Å². The van der Waals surface area contributed by atoms with Crippen molar-refractivity contribution < 1.29 is 8.42 Å². The molecule has 0 unspecified atom stereocenters. The summed E-state index contributed by atoms with van der Waals surface area (Å²) < 4.78 is 23.7. The van der Waals surface area contributed by atoms with Gasteiger partial charge in [-0.15, -0.1) is 0 Å². The maximum atomic E-state index is 11.9. The quantitative estimate of drug-likeness (QED) is 0.863. The Bertz CT molecular complexity index is 592. The minimum Gasteiger partial charge on any atom is -0.312 e. The fraction of sp³-hybridized carbons (Fsp3) is 0.625. The molecule has 0 aliphatic heterocycles. The highest BCUT2D eigenvalue weighted by Crippen LogP contribution is 2.40. The van der Waals surface area contributed by atoms with E-state index in [9.17, 15) is 8.42 Å². The van der Waals surface area contributed by atoms with Crippen LogP contribution in [0.4, 0.5) is 0 Å². The predicted octanol–water partition coefficient (Wildman–Crippen LogP) is 3.80. The Labute approximate surface area is 133 Å². The summed E-state index contributed by atoms with van der Waals surface area (Å²) in [6, 6.07) is 5.06. The first-order chi connectivity index (χ1) is 9.88. The summed E-state index contributed by atoms with van der Waals surface area (Å²) in [7, 11) is -3.25. The molecule has 21 heavy (non-hydrogen) atoms. The third-order valence-electron chi connectivity index (χ3n) is 4.69. The van der Waals surface area contributed by atoms with E-state index in [0.29, 0.717) is 27.4 Å². The van der Waals surface area contributed by atoms with E-state index in [0.717, 1.165) is 6.54 Å². The van der Waals surface area contributed by atoms with Gasteiger partial charge in [0.25, 0.3) is 0 Å². The van der Waals surface area contributed by atoms with Gasteiger partial charge in [-0.1, -0.05) is 37.4 Å². The Morgan fingerprint density at radius 2 is 1.95 bits per heavy atom. The molecule has 0 saturated heterocycles. The van der Waals surface area contributed by atoms with Crippen molar-refractivity contribution in [2.24, 2.45) is 5.41 Å². The summed E-state index contributed by atoms with van der Waals surface area (Å²) >= 11 is 6.19. The van der Waals surface area contributed by atoms with E-state index in [1.54, 1.807) is 18.2 Å². The second-order valence-corrected chi connectivity index (χ2v) is 8.54. The number of nitrogens with one attached hydrogen (secondary N) is 1. The summed E-state index contributed by atoms with van der Waals surface area (Å²) in [6.07, 6.45) is 7.52. The lowest BCUT2D eigenvalue weighted by molar-refractivity contribution is 0.268. The topological polar surface area (TPSA) is 46.2 Å². The van der Waals surface area contributed by atoms with Crippen LogP contribution in [0.1, 0.15) is 44.6 Å². The zero-order valence-corrected chi connectivity index (χ0v) is 14.4. The van der Waals surface area contributed by atoms with Gasteiger partial charge in [0.15, 0.2) is 9.84 Å². The van der Waals surface area contributed by atoms with Gasteiger partial charge in [-0.05, 0) is 36.8 Å². The average Bonchev–Trinajstić information content (AvgIpc) is 2.89. The largest absolute Gasteiger partial charge is 0.312 e. The van der Waals surface area contributed by atoms with E-state index in [1.807, 2.05) is 0 Å². The van der Waals surface area contributed by atoms with Crippen LogP contribution < -0.4 is 5.32 Å². The van der Waals surface area contributed by atoms with E-state index in [4.69, 9.17) is 11.6 Å². The minimum absolute atomic E-state index is 0.333. The fourth-order valence-electron chi connectivity index (χ4n) is 3.29. The molecule has 1 aromatic carbocycles. The first-order valence-corrected chi connectivity index (χ1v) is 9.83. The van der Waals surface area contributed by atoms with Gasteiger partial charge in [-0.25, -0.2) is 8.42 Å². The van der Waals surface area contributed by atoms with Gasteiger partial charge in [-0.2, -0.15) is 0 Å². The van der Waals surface area contributed by atoms with Crippen LogP contribution in [0, 0.1) is 5.41 Å². The Morgan fingerprint density at radius 3 is 2.52 bits per heavy atom. The van der Waals surface area contributed by atoms with E-state index in [-0.39, 0.29) is 0 Å². The summed E-state index contributed by atoms with van der Waals surface area (Å²) in [6.45, 7) is 3.67. The van der Waals surface area contributed by atoms with Crippen molar-refractivity contribution in [1.82, 2.24) is 5.32 Å². The Balaban J connectivity index is 2.10. The van der Waals surface area contributed by atoms with E-state index in [1.165, 1.54) is 38.4 Å². The minimum atomic E-state index is -3.25. The number of hydrogen-bond acceptors (Lipinski definition) is 3. The average molecular weight is 330 g/mol. The standard InChI is InChI=1S/C16H24ClNO2S/c1-3-16(9-4-5-10-16)12-18-11-13-14(17)7-6-8-15(13)21(2,19)20/h6-8,18H,3-5,9-12H2,1-2H3. The van der Waals surface area contributed by atoms with E-state index < -0.39 is 9.84 Å². The second-order valence-electron chi connectivity index (χ2n) is 6.15. The van der Waals surface area contributed by atoms with Crippen molar-refractivity contribution in [3.63, 3.8) is 0 Å². The van der Waals surface area contributed by atoms with Crippen LogP contribution >= 0.6 is 11.6 Å². The van der Waals surface area contributed by atoms with E-state index in [2.05, 4.69) is 12.2 Å². The highest BCUT2D eigenvalue weighted by molar-refractivity contribution is 7.90.